The highest BCUT2D eigenvalue weighted by molar-refractivity contribution is 9.10. The van der Waals surface area contributed by atoms with Crippen molar-refractivity contribution in [2.45, 2.75) is 25.8 Å². The molecule has 0 saturated carbocycles. The second kappa shape index (κ2) is 6.53. The average molecular weight is 297 g/mol. The normalized spacial score (nSPS) is 21.6. The molecule has 0 unspecified atom stereocenters. The van der Waals surface area contributed by atoms with E-state index in [1.165, 1.54) is 38.0 Å². The Hall–Kier alpha value is -0.380. The molecule has 1 saturated heterocycles. The van der Waals surface area contributed by atoms with Gasteiger partial charge in [-0.1, -0.05) is 28.1 Å². The van der Waals surface area contributed by atoms with Crippen LogP contribution in [0.15, 0.2) is 28.7 Å². The third-order valence-electron chi connectivity index (χ3n) is 3.31. The van der Waals surface area contributed by atoms with E-state index in [1.54, 1.807) is 0 Å². The van der Waals surface area contributed by atoms with Crippen LogP contribution in [0.4, 0.5) is 0 Å². The lowest BCUT2D eigenvalue weighted by atomic mass is 10.1. The van der Waals surface area contributed by atoms with Gasteiger partial charge in [0.25, 0.3) is 0 Å². The minimum Gasteiger partial charge on any atom is -0.312 e. The fourth-order valence-corrected chi connectivity index (χ4v) is 2.64. The minimum absolute atomic E-state index is 0.649. The summed E-state index contributed by atoms with van der Waals surface area (Å²) in [5, 5.41) is 3.48. The van der Waals surface area contributed by atoms with E-state index in [1.807, 2.05) is 0 Å². The van der Waals surface area contributed by atoms with Crippen molar-refractivity contribution in [2.24, 2.45) is 0 Å². The van der Waals surface area contributed by atoms with Crippen LogP contribution >= 0.6 is 15.9 Å². The summed E-state index contributed by atoms with van der Waals surface area (Å²) in [6.07, 6.45) is 2.44. The Kier molecular flexibility index (Phi) is 5.01. The number of halogens is 1. The Morgan fingerprint density at radius 1 is 1.35 bits per heavy atom. The molecule has 1 aliphatic rings. The molecule has 0 radical (unpaired) electrons. The largest absolute Gasteiger partial charge is 0.312 e. The van der Waals surface area contributed by atoms with Gasteiger partial charge < -0.3 is 10.2 Å². The van der Waals surface area contributed by atoms with Gasteiger partial charge in [0, 0.05) is 30.1 Å². The van der Waals surface area contributed by atoms with E-state index in [-0.39, 0.29) is 0 Å². The third-order valence-corrected chi connectivity index (χ3v) is 3.83. The number of piperazine rings is 1. The highest BCUT2D eigenvalue weighted by Crippen LogP contribution is 2.12. The van der Waals surface area contributed by atoms with E-state index in [4.69, 9.17) is 0 Å². The molecule has 2 rings (SSSR count). The van der Waals surface area contributed by atoms with Crippen LogP contribution in [-0.2, 0) is 6.42 Å². The van der Waals surface area contributed by atoms with Gasteiger partial charge in [-0.15, -0.1) is 0 Å². The maximum Gasteiger partial charge on any atom is 0.0175 e. The van der Waals surface area contributed by atoms with Crippen molar-refractivity contribution < 1.29 is 0 Å². The Morgan fingerprint density at radius 3 is 2.82 bits per heavy atom. The van der Waals surface area contributed by atoms with Crippen molar-refractivity contribution in [1.29, 1.82) is 0 Å². The van der Waals surface area contributed by atoms with E-state index in [0.29, 0.717) is 6.04 Å². The van der Waals surface area contributed by atoms with E-state index in [0.717, 1.165) is 11.0 Å². The van der Waals surface area contributed by atoms with Gasteiger partial charge in [-0.2, -0.15) is 0 Å². The molecule has 0 spiro atoms. The van der Waals surface area contributed by atoms with Crippen LogP contribution in [-0.4, -0.2) is 37.1 Å². The summed E-state index contributed by atoms with van der Waals surface area (Å²) >= 11 is 3.47. The van der Waals surface area contributed by atoms with E-state index >= 15 is 0 Å². The van der Waals surface area contributed by atoms with Gasteiger partial charge in [0.1, 0.15) is 0 Å². The second-order valence-corrected chi connectivity index (χ2v) is 5.80. The van der Waals surface area contributed by atoms with Crippen LogP contribution in [0.2, 0.25) is 0 Å². The molecule has 0 amide bonds. The van der Waals surface area contributed by atoms with Gasteiger partial charge in [0.15, 0.2) is 0 Å². The van der Waals surface area contributed by atoms with E-state index < -0.39 is 0 Å². The van der Waals surface area contributed by atoms with Gasteiger partial charge in [0.05, 0.1) is 0 Å². The maximum absolute atomic E-state index is 3.48. The van der Waals surface area contributed by atoms with Crippen LogP contribution in [0.5, 0.6) is 0 Å². The Labute approximate surface area is 113 Å². The smallest absolute Gasteiger partial charge is 0.0175 e. The molecule has 1 heterocycles. The summed E-state index contributed by atoms with van der Waals surface area (Å²) in [6, 6.07) is 9.33. The number of nitrogens with one attached hydrogen (secondary N) is 1. The first-order valence-corrected chi connectivity index (χ1v) is 7.23. The van der Waals surface area contributed by atoms with Gasteiger partial charge >= 0.3 is 0 Å². The summed E-state index contributed by atoms with van der Waals surface area (Å²) in [7, 11) is 0. The zero-order valence-corrected chi connectivity index (χ0v) is 12.0. The van der Waals surface area contributed by atoms with Crippen LogP contribution in [0.1, 0.15) is 18.9 Å². The standard InChI is InChI=1S/C14H21BrN2/c1-12-11-17(10-8-16-12)9-2-3-13-4-6-14(15)7-5-13/h4-7,12,16H,2-3,8-11H2,1H3/t12-/m0/s1. The summed E-state index contributed by atoms with van der Waals surface area (Å²) < 4.78 is 1.16. The number of rotatable bonds is 4. The molecule has 1 aliphatic heterocycles. The maximum atomic E-state index is 3.48. The van der Waals surface area contributed by atoms with Crippen molar-refractivity contribution in [3.63, 3.8) is 0 Å². The van der Waals surface area contributed by atoms with Gasteiger partial charge in [-0.3, -0.25) is 0 Å². The lowest BCUT2D eigenvalue weighted by molar-refractivity contribution is 0.205. The Bertz CT molecular complexity index is 337. The van der Waals surface area contributed by atoms with Crippen molar-refractivity contribution in [1.82, 2.24) is 10.2 Å². The number of nitrogens with zero attached hydrogens (tertiary/aromatic N) is 1. The number of benzene rings is 1. The van der Waals surface area contributed by atoms with Crippen LogP contribution in [0, 0.1) is 0 Å². The van der Waals surface area contributed by atoms with Crippen LogP contribution in [0.3, 0.4) is 0 Å². The van der Waals surface area contributed by atoms with Gasteiger partial charge in [-0.05, 0) is 44.0 Å². The molecule has 0 aliphatic carbocycles. The number of hydrogen-bond acceptors (Lipinski definition) is 2. The molecule has 3 heteroatoms. The monoisotopic (exact) mass is 296 g/mol. The van der Waals surface area contributed by atoms with Gasteiger partial charge in [-0.25, -0.2) is 0 Å². The van der Waals surface area contributed by atoms with Crippen molar-refractivity contribution >= 4 is 15.9 Å². The quantitative estimate of drug-likeness (QED) is 0.919. The van der Waals surface area contributed by atoms with Crippen molar-refractivity contribution in [2.75, 3.05) is 26.2 Å². The lowest BCUT2D eigenvalue weighted by Gasteiger charge is -2.31. The molecule has 0 aromatic heterocycles. The first-order chi connectivity index (χ1) is 8.24. The van der Waals surface area contributed by atoms with E-state index in [2.05, 4.69) is 57.3 Å². The number of hydrogen-bond donors (Lipinski definition) is 1. The molecule has 2 nitrogen and oxygen atoms in total. The van der Waals surface area contributed by atoms with Gasteiger partial charge in [0.2, 0.25) is 0 Å². The van der Waals surface area contributed by atoms with E-state index in [9.17, 15) is 0 Å². The molecule has 1 atom stereocenters. The van der Waals surface area contributed by atoms with Crippen molar-refractivity contribution in [3.8, 4) is 0 Å². The minimum atomic E-state index is 0.649. The predicted molar refractivity (Wildman–Crippen MR) is 76.4 cm³/mol. The Balaban J connectivity index is 1.70. The lowest BCUT2D eigenvalue weighted by Crippen LogP contribution is -2.49. The highest BCUT2D eigenvalue weighted by Gasteiger charge is 2.14. The van der Waals surface area contributed by atoms with Crippen LogP contribution in [0.25, 0.3) is 0 Å². The highest BCUT2D eigenvalue weighted by atomic mass is 79.9. The molecule has 94 valence electrons. The zero-order chi connectivity index (χ0) is 12.1. The zero-order valence-electron chi connectivity index (χ0n) is 10.5. The average Bonchev–Trinajstić information content (AvgIpc) is 2.32. The molecular weight excluding hydrogens is 276 g/mol. The van der Waals surface area contributed by atoms with Crippen LogP contribution < -0.4 is 5.32 Å². The van der Waals surface area contributed by atoms with Crippen molar-refractivity contribution in [3.05, 3.63) is 34.3 Å². The summed E-state index contributed by atoms with van der Waals surface area (Å²) in [4.78, 5) is 2.57. The molecule has 1 fully saturated rings. The topological polar surface area (TPSA) is 15.3 Å². The fraction of sp³-hybridized carbons (Fsp3) is 0.571. The summed E-state index contributed by atoms with van der Waals surface area (Å²) in [5.74, 6) is 0. The first kappa shape index (κ1) is 13.1. The Morgan fingerprint density at radius 2 is 2.12 bits per heavy atom. The fourth-order valence-electron chi connectivity index (χ4n) is 2.37. The predicted octanol–water partition coefficient (Wildman–Crippen LogP) is 2.68. The number of aryl methyl sites for hydroxylation is 1. The first-order valence-electron chi connectivity index (χ1n) is 6.44. The second-order valence-electron chi connectivity index (χ2n) is 4.89. The summed E-state index contributed by atoms with van der Waals surface area (Å²) in [5.41, 5.74) is 1.44. The molecule has 17 heavy (non-hydrogen) atoms. The molecular formula is C14H21BrN2. The molecule has 1 aromatic carbocycles. The third kappa shape index (κ3) is 4.41. The molecule has 1 aromatic rings. The summed E-state index contributed by atoms with van der Waals surface area (Å²) in [6.45, 7) is 7.02. The SMILES string of the molecule is C[C@H]1CN(CCCc2ccc(Br)cc2)CCN1. The molecule has 0 bridgehead atoms. The molecule has 1 N–H and O–H groups in total.